The molecule has 0 radical (unpaired) electrons. The molecule has 21 heavy (non-hydrogen) atoms. The highest BCUT2D eigenvalue weighted by Crippen LogP contribution is 2.21. The minimum atomic E-state index is -0.281. The fourth-order valence-corrected chi connectivity index (χ4v) is 2.69. The van der Waals surface area contributed by atoms with E-state index in [-0.39, 0.29) is 5.91 Å². The molecule has 1 amide bonds. The number of fused-ring (bicyclic) bond motifs is 1. The molecule has 0 aliphatic rings. The number of carbonyl (C=O) groups is 1. The Labute approximate surface area is 130 Å². The molecule has 0 bridgehead atoms. The van der Waals surface area contributed by atoms with Gasteiger partial charge in [-0.3, -0.25) is 10.2 Å². The summed E-state index contributed by atoms with van der Waals surface area (Å²) in [5.41, 5.74) is 4.98. The van der Waals surface area contributed by atoms with Gasteiger partial charge in [-0.1, -0.05) is 34.1 Å². The second-order valence-corrected chi connectivity index (χ2v) is 5.73. The molecule has 2 aromatic carbocycles. The number of nitrogens with one attached hydrogen (secondary N) is 1. The Bertz CT molecular complexity index is 793. The van der Waals surface area contributed by atoms with Crippen LogP contribution in [-0.2, 0) is 6.54 Å². The highest BCUT2D eigenvalue weighted by Gasteiger charge is 2.05. The van der Waals surface area contributed by atoms with Crippen molar-refractivity contribution in [2.45, 2.75) is 6.54 Å². The first-order chi connectivity index (χ1) is 10.2. The van der Waals surface area contributed by atoms with Crippen molar-refractivity contribution in [3.05, 3.63) is 70.3 Å². The van der Waals surface area contributed by atoms with E-state index in [1.807, 2.05) is 18.2 Å². The molecule has 0 atom stereocenters. The van der Waals surface area contributed by atoms with Crippen LogP contribution in [0.15, 0.2) is 59.2 Å². The number of halogens is 1. The molecule has 1 heterocycles. The van der Waals surface area contributed by atoms with Crippen LogP contribution in [0.25, 0.3) is 10.9 Å². The molecule has 0 fully saturated rings. The van der Waals surface area contributed by atoms with Crippen molar-refractivity contribution in [1.82, 2.24) is 9.99 Å². The molecule has 3 aromatic rings. The van der Waals surface area contributed by atoms with Gasteiger partial charge in [-0.25, -0.2) is 5.84 Å². The van der Waals surface area contributed by atoms with Gasteiger partial charge < -0.3 is 4.57 Å². The number of amides is 1. The third kappa shape index (κ3) is 2.84. The van der Waals surface area contributed by atoms with E-state index >= 15 is 0 Å². The smallest absolute Gasteiger partial charge is 0.265 e. The van der Waals surface area contributed by atoms with E-state index in [0.29, 0.717) is 5.56 Å². The Balaban J connectivity index is 1.88. The monoisotopic (exact) mass is 343 g/mol. The van der Waals surface area contributed by atoms with Crippen LogP contribution in [0, 0.1) is 0 Å². The molecule has 0 spiro atoms. The van der Waals surface area contributed by atoms with E-state index in [2.05, 4.69) is 50.3 Å². The largest absolute Gasteiger partial charge is 0.343 e. The molecule has 3 N–H and O–H groups in total. The lowest BCUT2D eigenvalue weighted by atomic mass is 10.1. The molecule has 0 unspecified atom stereocenters. The summed E-state index contributed by atoms with van der Waals surface area (Å²) >= 11 is 3.50. The van der Waals surface area contributed by atoms with Crippen LogP contribution < -0.4 is 11.3 Å². The van der Waals surface area contributed by atoms with E-state index in [4.69, 9.17) is 5.84 Å². The Hall–Kier alpha value is -2.11. The van der Waals surface area contributed by atoms with Gasteiger partial charge in [-0.15, -0.1) is 0 Å². The van der Waals surface area contributed by atoms with Crippen molar-refractivity contribution in [3.8, 4) is 0 Å². The number of benzene rings is 2. The van der Waals surface area contributed by atoms with Gasteiger partial charge in [0.15, 0.2) is 0 Å². The highest BCUT2D eigenvalue weighted by molar-refractivity contribution is 9.10. The Kier molecular flexibility index (Phi) is 3.77. The van der Waals surface area contributed by atoms with Gasteiger partial charge in [0.2, 0.25) is 0 Å². The van der Waals surface area contributed by atoms with E-state index in [1.54, 1.807) is 12.1 Å². The SMILES string of the molecule is NNC(=O)c1ccc(Cn2ccc3ccc(Br)cc32)cc1. The predicted octanol–water partition coefficient (Wildman–Crippen LogP) is 3.06. The molecular weight excluding hydrogens is 330 g/mol. The third-order valence-electron chi connectivity index (χ3n) is 3.44. The number of nitrogens with zero attached hydrogens (tertiary/aromatic N) is 1. The molecule has 1 aromatic heterocycles. The van der Waals surface area contributed by atoms with Crippen molar-refractivity contribution in [2.24, 2.45) is 5.84 Å². The summed E-state index contributed by atoms with van der Waals surface area (Å²) in [4.78, 5) is 11.4. The fourth-order valence-electron chi connectivity index (χ4n) is 2.34. The average molecular weight is 344 g/mol. The zero-order valence-electron chi connectivity index (χ0n) is 11.2. The number of rotatable bonds is 3. The van der Waals surface area contributed by atoms with Crippen LogP contribution in [0.1, 0.15) is 15.9 Å². The van der Waals surface area contributed by atoms with Gasteiger partial charge in [-0.2, -0.15) is 0 Å². The molecule has 5 heteroatoms. The number of aromatic nitrogens is 1. The summed E-state index contributed by atoms with van der Waals surface area (Å²) in [6.45, 7) is 0.754. The van der Waals surface area contributed by atoms with E-state index < -0.39 is 0 Å². The summed E-state index contributed by atoms with van der Waals surface area (Å²) in [7, 11) is 0. The molecule has 0 saturated heterocycles. The van der Waals surface area contributed by atoms with Crippen LogP contribution >= 0.6 is 15.9 Å². The van der Waals surface area contributed by atoms with Gasteiger partial charge in [0.1, 0.15) is 0 Å². The minimum absolute atomic E-state index is 0.281. The lowest BCUT2D eigenvalue weighted by Gasteiger charge is -2.07. The molecule has 106 valence electrons. The van der Waals surface area contributed by atoms with E-state index in [0.717, 1.165) is 16.6 Å². The number of hydrazine groups is 1. The maximum atomic E-state index is 11.4. The lowest BCUT2D eigenvalue weighted by Crippen LogP contribution is -2.29. The van der Waals surface area contributed by atoms with Gasteiger partial charge in [0, 0.05) is 28.3 Å². The second kappa shape index (κ2) is 5.71. The zero-order valence-corrected chi connectivity index (χ0v) is 12.8. The van der Waals surface area contributed by atoms with E-state index in [1.165, 1.54) is 10.9 Å². The van der Waals surface area contributed by atoms with E-state index in [9.17, 15) is 4.79 Å². The van der Waals surface area contributed by atoms with Gasteiger partial charge in [-0.05, 0) is 41.3 Å². The van der Waals surface area contributed by atoms with Crippen LogP contribution in [0.2, 0.25) is 0 Å². The first-order valence-electron chi connectivity index (χ1n) is 6.51. The van der Waals surface area contributed by atoms with Crippen LogP contribution in [0.5, 0.6) is 0 Å². The van der Waals surface area contributed by atoms with Crippen molar-refractivity contribution in [3.63, 3.8) is 0 Å². The Morgan fingerprint density at radius 1 is 1.14 bits per heavy atom. The third-order valence-corrected chi connectivity index (χ3v) is 3.93. The van der Waals surface area contributed by atoms with Gasteiger partial charge >= 0.3 is 0 Å². The molecule has 0 saturated carbocycles. The molecule has 3 rings (SSSR count). The van der Waals surface area contributed by atoms with Crippen LogP contribution in [0.3, 0.4) is 0 Å². The van der Waals surface area contributed by atoms with Gasteiger partial charge in [0.05, 0.1) is 0 Å². The number of hydrogen-bond acceptors (Lipinski definition) is 2. The van der Waals surface area contributed by atoms with Crippen molar-refractivity contribution < 1.29 is 4.79 Å². The molecule has 0 aliphatic carbocycles. The maximum Gasteiger partial charge on any atom is 0.265 e. The Morgan fingerprint density at radius 2 is 1.90 bits per heavy atom. The number of carbonyl (C=O) groups excluding carboxylic acids is 1. The standard InChI is InChI=1S/C16H14BrN3O/c17-14-6-5-12-7-8-20(15(12)9-14)10-11-1-3-13(4-2-11)16(21)19-18/h1-9H,10,18H2,(H,19,21). The summed E-state index contributed by atoms with van der Waals surface area (Å²) < 4.78 is 3.24. The number of hydrogen-bond donors (Lipinski definition) is 2. The minimum Gasteiger partial charge on any atom is -0.343 e. The predicted molar refractivity (Wildman–Crippen MR) is 86.8 cm³/mol. The topological polar surface area (TPSA) is 60.0 Å². The van der Waals surface area contributed by atoms with Gasteiger partial charge in [0.25, 0.3) is 5.91 Å². The average Bonchev–Trinajstić information content (AvgIpc) is 2.89. The number of nitrogens with two attached hydrogens (primary N) is 1. The number of nitrogen functional groups attached to an aromatic ring is 1. The fraction of sp³-hybridized carbons (Fsp3) is 0.0625. The maximum absolute atomic E-state index is 11.4. The first-order valence-corrected chi connectivity index (χ1v) is 7.31. The molecular formula is C16H14BrN3O. The Morgan fingerprint density at radius 3 is 2.62 bits per heavy atom. The molecule has 0 aliphatic heterocycles. The summed E-state index contributed by atoms with van der Waals surface area (Å²) in [5, 5.41) is 1.21. The first kappa shape index (κ1) is 13.9. The van der Waals surface area contributed by atoms with Crippen molar-refractivity contribution >= 4 is 32.7 Å². The second-order valence-electron chi connectivity index (χ2n) is 4.82. The van der Waals surface area contributed by atoms with Crippen LogP contribution in [0.4, 0.5) is 0 Å². The zero-order chi connectivity index (χ0) is 14.8. The van der Waals surface area contributed by atoms with Crippen molar-refractivity contribution in [1.29, 1.82) is 0 Å². The summed E-state index contributed by atoms with van der Waals surface area (Å²) in [6.07, 6.45) is 2.07. The highest BCUT2D eigenvalue weighted by atomic mass is 79.9. The normalized spacial score (nSPS) is 10.8. The summed E-state index contributed by atoms with van der Waals surface area (Å²) in [5.74, 6) is 4.84. The van der Waals surface area contributed by atoms with Crippen molar-refractivity contribution in [2.75, 3.05) is 0 Å². The quantitative estimate of drug-likeness (QED) is 0.436. The molecule has 4 nitrogen and oxygen atoms in total. The lowest BCUT2D eigenvalue weighted by molar-refractivity contribution is 0.0953. The van der Waals surface area contributed by atoms with Crippen LogP contribution in [-0.4, -0.2) is 10.5 Å². The summed E-state index contributed by atoms with van der Waals surface area (Å²) in [6, 6.07) is 15.8.